The van der Waals surface area contributed by atoms with Crippen LogP contribution in [0, 0.1) is 6.92 Å². The molecule has 0 saturated heterocycles. The lowest BCUT2D eigenvalue weighted by Crippen LogP contribution is -2.52. The fourth-order valence-electron chi connectivity index (χ4n) is 3.79. The number of methoxy groups -OCH3 is 1. The van der Waals surface area contributed by atoms with Gasteiger partial charge in [-0.05, 0) is 49.1 Å². The van der Waals surface area contributed by atoms with Gasteiger partial charge in [0.15, 0.2) is 0 Å². The van der Waals surface area contributed by atoms with E-state index in [1.165, 1.54) is 4.90 Å². The molecule has 35 heavy (non-hydrogen) atoms. The number of para-hydroxylation sites is 1. The van der Waals surface area contributed by atoms with Crippen molar-refractivity contribution in [3.63, 3.8) is 0 Å². The topological polar surface area (TPSA) is 96.0 Å². The molecule has 0 aromatic heterocycles. The molecule has 0 radical (unpaired) electrons. The van der Waals surface area contributed by atoms with Gasteiger partial charge in [-0.25, -0.2) is 8.42 Å². The molecule has 192 valence electrons. The second kappa shape index (κ2) is 13.1. The number of sulfonamides is 1. The summed E-state index contributed by atoms with van der Waals surface area (Å²) < 4.78 is 31.7. The van der Waals surface area contributed by atoms with Crippen LogP contribution in [0.4, 0.5) is 5.69 Å². The zero-order valence-electron chi connectivity index (χ0n) is 21.3. The Labute approximate surface area is 209 Å². The van der Waals surface area contributed by atoms with E-state index in [-0.39, 0.29) is 12.5 Å². The Morgan fingerprint density at radius 1 is 1.06 bits per heavy atom. The molecular weight excluding hydrogens is 466 g/mol. The van der Waals surface area contributed by atoms with E-state index in [0.29, 0.717) is 24.4 Å². The number of ether oxygens (including phenoxy) is 1. The summed E-state index contributed by atoms with van der Waals surface area (Å²) in [6.07, 6.45) is 3.24. The minimum atomic E-state index is -3.75. The van der Waals surface area contributed by atoms with Crippen LogP contribution >= 0.6 is 0 Å². The Bertz CT molecular complexity index is 1090. The number of rotatable bonds is 13. The van der Waals surface area contributed by atoms with E-state index in [1.807, 2.05) is 32.0 Å². The van der Waals surface area contributed by atoms with Gasteiger partial charge in [0.05, 0.1) is 19.1 Å². The maximum absolute atomic E-state index is 13.7. The van der Waals surface area contributed by atoms with Crippen LogP contribution in [-0.2, 0) is 26.2 Å². The molecule has 2 amide bonds. The number of unbranched alkanes of at least 4 members (excludes halogenated alkanes) is 1. The average molecular weight is 504 g/mol. The molecule has 9 heteroatoms. The Hall–Kier alpha value is -3.07. The van der Waals surface area contributed by atoms with Crippen LogP contribution in [0.15, 0.2) is 48.5 Å². The van der Waals surface area contributed by atoms with E-state index >= 15 is 0 Å². The van der Waals surface area contributed by atoms with Gasteiger partial charge in [-0.15, -0.1) is 0 Å². The number of aryl methyl sites for hydroxylation is 1. The van der Waals surface area contributed by atoms with Gasteiger partial charge in [-0.2, -0.15) is 0 Å². The number of carbonyl (C=O) groups excluding carboxylic acids is 2. The molecule has 1 N–H and O–H groups in total. The molecular formula is C26H37N3O5S. The first-order valence-electron chi connectivity index (χ1n) is 11.9. The summed E-state index contributed by atoms with van der Waals surface area (Å²) in [5.41, 5.74) is 1.98. The highest BCUT2D eigenvalue weighted by Crippen LogP contribution is 2.23. The summed E-state index contributed by atoms with van der Waals surface area (Å²) in [5.74, 6) is -0.0182. The minimum Gasteiger partial charge on any atom is -0.497 e. The molecule has 0 unspecified atom stereocenters. The molecule has 8 nitrogen and oxygen atoms in total. The number of nitrogens with zero attached hydrogens (tertiary/aromatic N) is 2. The average Bonchev–Trinajstić information content (AvgIpc) is 2.82. The van der Waals surface area contributed by atoms with Crippen molar-refractivity contribution < 1.29 is 22.7 Å². The van der Waals surface area contributed by atoms with E-state index in [0.717, 1.165) is 34.5 Å². The van der Waals surface area contributed by atoms with E-state index in [9.17, 15) is 18.0 Å². The van der Waals surface area contributed by atoms with Gasteiger partial charge in [0, 0.05) is 13.1 Å². The third kappa shape index (κ3) is 7.99. The van der Waals surface area contributed by atoms with Crippen molar-refractivity contribution in [1.82, 2.24) is 10.2 Å². The lowest BCUT2D eigenvalue weighted by Gasteiger charge is -2.33. The first kappa shape index (κ1) is 28.2. The largest absolute Gasteiger partial charge is 0.497 e. The zero-order valence-corrected chi connectivity index (χ0v) is 22.1. The lowest BCUT2D eigenvalue weighted by molar-refractivity contribution is -0.140. The molecule has 2 rings (SSSR count). The highest BCUT2D eigenvalue weighted by molar-refractivity contribution is 7.92. The highest BCUT2D eigenvalue weighted by atomic mass is 32.2. The van der Waals surface area contributed by atoms with E-state index in [4.69, 9.17) is 4.74 Å². The van der Waals surface area contributed by atoms with Crippen molar-refractivity contribution in [2.75, 3.05) is 30.8 Å². The third-order valence-corrected chi connectivity index (χ3v) is 6.92. The van der Waals surface area contributed by atoms with Crippen LogP contribution < -0.4 is 14.4 Å². The van der Waals surface area contributed by atoms with Crippen LogP contribution in [0.2, 0.25) is 0 Å². The van der Waals surface area contributed by atoms with Gasteiger partial charge in [0.2, 0.25) is 21.8 Å². The summed E-state index contributed by atoms with van der Waals surface area (Å²) in [7, 11) is -2.18. The van der Waals surface area contributed by atoms with Crippen LogP contribution in [0.25, 0.3) is 0 Å². The molecule has 0 spiro atoms. The summed E-state index contributed by atoms with van der Waals surface area (Å²) in [5, 5.41) is 2.91. The monoisotopic (exact) mass is 503 g/mol. The van der Waals surface area contributed by atoms with E-state index in [2.05, 4.69) is 5.32 Å². The summed E-state index contributed by atoms with van der Waals surface area (Å²) in [4.78, 5) is 28.2. The van der Waals surface area contributed by atoms with Crippen molar-refractivity contribution in [2.45, 2.75) is 52.6 Å². The first-order chi connectivity index (χ1) is 16.6. The van der Waals surface area contributed by atoms with Gasteiger partial charge in [-0.1, -0.05) is 50.6 Å². The Balaban J connectivity index is 2.41. The molecule has 0 bridgehead atoms. The quantitative estimate of drug-likeness (QED) is 0.422. The number of hydrogen-bond donors (Lipinski definition) is 1. The maximum Gasteiger partial charge on any atom is 0.244 e. The molecule has 0 heterocycles. The third-order valence-electron chi connectivity index (χ3n) is 5.79. The van der Waals surface area contributed by atoms with Crippen molar-refractivity contribution in [2.24, 2.45) is 0 Å². The van der Waals surface area contributed by atoms with Crippen molar-refractivity contribution in [3.05, 3.63) is 59.7 Å². The van der Waals surface area contributed by atoms with E-state index in [1.54, 1.807) is 44.4 Å². The van der Waals surface area contributed by atoms with E-state index < -0.39 is 28.5 Å². The fourth-order valence-corrected chi connectivity index (χ4v) is 4.70. The second-order valence-corrected chi connectivity index (χ2v) is 10.4. The lowest BCUT2D eigenvalue weighted by atomic mass is 10.1. The zero-order chi connectivity index (χ0) is 26.0. The smallest absolute Gasteiger partial charge is 0.244 e. The molecule has 0 saturated carbocycles. The first-order valence-corrected chi connectivity index (χ1v) is 13.7. The number of carbonyl (C=O) groups is 2. The van der Waals surface area contributed by atoms with Crippen LogP contribution in [0.3, 0.4) is 0 Å². The molecule has 0 aliphatic heterocycles. The fraction of sp³-hybridized carbons (Fsp3) is 0.462. The standard InChI is InChI=1S/C26H37N3O5S/c1-6-8-17-27-26(31)23(7-2)28(18-21-13-15-22(34-4)16-14-21)25(30)19-29(35(5,32)33)24-12-10-9-11-20(24)3/h9-16,23H,6-8,17-19H2,1-5H3,(H,27,31)/t23-/m1/s1. The van der Waals surface area contributed by atoms with Gasteiger partial charge in [-0.3, -0.25) is 13.9 Å². The van der Waals surface area contributed by atoms with Crippen molar-refractivity contribution in [1.29, 1.82) is 0 Å². The molecule has 2 aromatic rings. The predicted octanol–water partition coefficient (Wildman–Crippen LogP) is 3.49. The Morgan fingerprint density at radius 3 is 2.26 bits per heavy atom. The van der Waals surface area contributed by atoms with Crippen molar-refractivity contribution in [3.8, 4) is 5.75 Å². The normalized spacial score (nSPS) is 12.0. The number of hydrogen-bond acceptors (Lipinski definition) is 5. The second-order valence-electron chi connectivity index (χ2n) is 8.49. The van der Waals surface area contributed by atoms with Gasteiger partial charge < -0.3 is 15.0 Å². The minimum absolute atomic E-state index is 0.161. The van der Waals surface area contributed by atoms with Crippen LogP contribution in [0.1, 0.15) is 44.2 Å². The SMILES string of the molecule is CCCCNC(=O)[C@@H](CC)N(Cc1ccc(OC)cc1)C(=O)CN(c1ccccc1C)S(C)(=O)=O. The summed E-state index contributed by atoms with van der Waals surface area (Å²) in [6, 6.07) is 13.5. The number of anilines is 1. The highest BCUT2D eigenvalue weighted by Gasteiger charge is 2.32. The molecule has 0 aliphatic carbocycles. The molecule has 0 aliphatic rings. The van der Waals surface area contributed by atoms with Gasteiger partial charge in [0.25, 0.3) is 0 Å². The number of nitrogens with one attached hydrogen (secondary N) is 1. The summed E-state index contributed by atoms with van der Waals surface area (Å²) >= 11 is 0. The van der Waals surface area contributed by atoms with Gasteiger partial charge >= 0.3 is 0 Å². The Kier molecular flexibility index (Phi) is 10.6. The van der Waals surface area contributed by atoms with Gasteiger partial charge in [0.1, 0.15) is 18.3 Å². The van der Waals surface area contributed by atoms with Crippen LogP contribution in [-0.4, -0.2) is 57.6 Å². The van der Waals surface area contributed by atoms with Crippen LogP contribution in [0.5, 0.6) is 5.75 Å². The van der Waals surface area contributed by atoms with Crippen molar-refractivity contribution >= 4 is 27.5 Å². The molecule has 2 aromatic carbocycles. The Morgan fingerprint density at radius 2 is 1.71 bits per heavy atom. The summed E-state index contributed by atoms with van der Waals surface area (Å²) in [6.45, 7) is 5.95. The molecule has 1 atom stereocenters. The maximum atomic E-state index is 13.7. The molecule has 0 fully saturated rings. The number of amides is 2. The predicted molar refractivity (Wildman–Crippen MR) is 139 cm³/mol. The number of benzene rings is 2.